The third-order valence-corrected chi connectivity index (χ3v) is 5.47. The number of nitrogens with zero attached hydrogens (tertiary/aromatic N) is 1. The highest BCUT2D eigenvalue weighted by atomic mass is 16.2. The van der Waals surface area contributed by atoms with Gasteiger partial charge in [0, 0.05) is 18.7 Å². The second-order valence-corrected chi connectivity index (χ2v) is 7.37. The first kappa shape index (κ1) is 17.7. The minimum atomic E-state index is -0.445. The highest BCUT2D eigenvalue weighted by Gasteiger charge is 2.32. The van der Waals surface area contributed by atoms with Crippen molar-refractivity contribution in [3.05, 3.63) is 65.7 Å². The van der Waals surface area contributed by atoms with Crippen LogP contribution in [0.15, 0.2) is 54.6 Å². The van der Waals surface area contributed by atoms with Gasteiger partial charge >= 0.3 is 0 Å². The van der Waals surface area contributed by atoms with Gasteiger partial charge < -0.3 is 15.5 Å². The molecule has 2 heterocycles. The first-order valence-corrected chi connectivity index (χ1v) is 9.67. The number of likely N-dealkylation sites (tertiary alicyclic amines) is 1. The van der Waals surface area contributed by atoms with Gasteiger partial charge in [-0.15, -0.1) is 0 Å². The Balaban J connectivity index is 1.55. The molecule has 0 radical (unpaired) electrons. The van der Waals surface area contributed by atoms with Gasteiger partial charge in [-0.2, -0.15) is 0 Å². The molecule has 5 nitrogen and oxygen atoms in total. The lowest BCUT2D eigenvalue weighted by Crippen LogP contribution is -2.41. The van der Waals surface area contributed by atoms with Crippen LogP contribution in [-0.4, -0.2) is 36.3 Å². The number of carbonyl (C=O) groups is 2. The van der Waals surface area contributed by atoms with Crippen LogP contribution in [0.3, 0.4) is 0 Å². The quantitative estimate of drug-likeness (QED) is 0.858. The Morgan fingerprint density at radius 3 is 2.56 bits per heavy atom. The number of anilines is 1. The van der Waals surface area contributed by atoms with Crippen molar-refractivity contribution in [1.82, 2.24) is 10.2 Å². The fourth-order valence-corrected chi connectivity index (χ4v) is 4.06. The van der Waals surface area contributed by atoms with Crippen LogP contribution in [0.5, 0.6) is 0 Å². The van der Waals surface area contributed by atoms with Crippen molar-refractivity contribution in [2.24, 2.45) is 0 Å². The molecule has 0 bridgehead atoms. The molecular weight excluding hydrogens is 338 g/mol. The van der Waals surface area contributed by atoms with Crippen LogP contribution >= 0.6 is 0 Å². The number of hydrogen-bond acceptors (Lipinski definition) is 3. The molecule has 2 atom stereocenters. The molecule has 140 valence electrons. The van der Waals surface area contributed by atoms with Crippen molar-refractivity contribution in [2.45, 2.75) is 31.2 Å². The van der Waals surface area contributed by atoms with Crippen LogP contribution in [0, 0.1) is 0 Å². The van der Waals surface area contributed by atoms with Gasteiger partial charge in [0.1, 0.15) is 0 Å². The molecule has 2 unspecified atom stereocenters. The van der Waals surface area contributed by atoms with Gasteiger partial charge in [-0.1, -0.05) is 48.5 Å². The minimum absolute atomic E-state index is 0.0750. The zero-order valence-electron chi connectivity index (χ0n) is 15.4. The lowest BCUT2D eigenvalue weighted by molar-refractivity contribution is -0.127. The highest BCUT2D eigenvalue weighted by molar-refractivity contribution is 6.01. The summed E-state index contributed by atoms with van der Waals surface area (Å²) in [5, 5.41) is 6.09. The largest absolute Gasteiger partial charge is 0.347 e. The van der Waals surface area contributed by atoms with Gasteiger partial charge in [0.05, 0.1) is 12.0 Å². The van der Waals surface area contributed by atoms with E-state index in [-0.39, 0.29) is 24.3 Å². The molecule has 1 saturated heterocycles. The number of fused-ring (bicyclic) bond motifs is 1. The smallest absolute Gasteiger partial charge is 0.228 e. The normalized spacial score (nSPS) is 20.6. The van der Waals surface area contributed by atoms with Crippen LogP contribution in [0.25, 0.3) is 0 Å². The Hall–Kier alpha value is -2.66. The van der Waals surface area contributed by atoms with E-state index in [1.807, 2.05) is 42.5 Å². The SMILES string of the molecule is O=C1CC(C(=O)NC(CN2CCCC2)c2ccccc2)c2ccccc2N1. The van der Waals surface area contributed by atoms with E-state index >= 15 is 0 Å². The highest BCUT2D eigenvalue weighted by Crippen LogP contribution is 2.32. The fraction of sp³-hybridized carbons (Fsp3) is 0.364. The predicted molar refractivity (Wildman–Crippen MR) is 105 cm³/mol. The number of rotatable bonds is 5. The zero-order valence-corrected chi connectivity index (χ0v) is 15.4. The van der Waals surface area contributed by atoms with Crippen molar-refractivity contribution < 1.29 is 9.59 Å². The Labute approximate surface area is 159 Å². The van der Waals surface area contributed by atoms with Crippen LogP contribution in [0.2, 0.25) is 0 Å². The molecule has 4 rings (SSSR count). The Morgan fingerprint density at radius 2 is 1.78 bits per heavy atom. The van der Waals surface area contributed by atoms with E-state index in [9.17, 15) is 9.59 Å². The van der Waals surface area contributed by atoms with Crippen molar-refractivity contribution in [2.75, 3.05) is 25.0 Å². The second kappa shape index (κ2) is 7.92. The molecule has 0 aliphatic carbocycles. The van der Waals surface area contributed by atoms with Gasteiger partial charge in [-0.3, -0.25) is 9.59 Å². The lowest BCUT2D eigenvalue weighted by atomic mass is 9.89. The molecule has 2 amide bonds. The third kappa shape index (κ3) is 4.03. The van der Waals surface area contributed by atoms with Gasteiger partial charge in [-0.25, -0.2) is 0 Å². The molecule has 2 aromatic rings. The van der Waals surface area contributed by atoms with E-state index in [4.69, 9.17) is 0 Å². The van der Waals surface area contributed by atoms with Crippen molar-refractivity contribution >= 4 is 17.5 Å². The summed E-state index contributed by atoms with van der Waals surface area (Å²) in [6.45, 7) is 2.96. The van der Waals surface area contributed by atoms with Crippen molar-refractivity contribution in [3.8, 4) is 0 Å². The monoisotopic (exact) mass is 363 g/mol. The predicted octanol–water partition coefficient (Wildman–Crippen LogP) is 3.07. The molecule has 0 aromatic heterocycles. The van der Waals surface area contributed by atoms with Crippen LogP contribution in [0.1, 0.15) is 42.3 Å². The molecule has 2 aliphatic heterocycles. The van der Waals surface area contributed by atoms with Gasteiger partial charge in [0.15, 0.2) is 0 Å². The lowest BCUT2D eigenvalue weighted by Gasteiger charge is -2.29. The number of amides is 2. The number of hydrogen-bond donors (Lipinski definition) is 2. The maximum atomic E-state index is 13.2. The molecule has 0 saturated carbocycles. The first-order chi connectivity index (χ1) is 13.2. The molecule has 2 aromatic carbocycles. The minimum Gasteiger partial charge on any atom is -0.347 e. The molecule has 5 heteroatoms. The molecular formula is C22H25N3O2. The Morgan fingerprint density at radius 1 is 1.07 bits per heavy atom. The van der Waals surface area contributed by atoms with Gasteiger partial charge in [0.2, 0.25) is 11.8 Å². The second-order valence-electron chi connectivity index (χ2n) is 7.37. The molecule has 0 spiro atoms. The summed E-state index contributed by atoms with van der Waals surface area (Å²) in [7, 11) is 0. The average molecular weight is 363 g/mol. The van der Waals surface area contributed by atoms with Crippen molar-refractivity contribution in [1.29, 1.82) is 0 Å². The summed E-state index contributed by atoms with van der Waals surface area (Å²) in [5.41, 5.74) is 2.73. The molecule has 27 heavy (non-hydrogen) atoms. The van der Waals surface area contributed by atoms with Crippen molar-refractivity contribution in [3.63, 3.8) is 0 Å². The van der Waals surface area contributed by atoms with Crippen LogP contribution in [-0.2, 0) is 9.59 Å². The Bertz CT molecular complexity index is 815. The first-order valence-electron chi connectivity index (χ1n) is 9.67. The number of benzene rings is 2. The summed E-state index contributed by atoms with van der Waals surface area (Å²) in [6, 6.07) is 17.6. The third-order valence-electron chi connectivity index (χ3n) is 5.47. The molecule has 2 aliphatic rings. The van der Waals surface area contributed by atoms with Gasteiger partial charge in [0.25, 0.3) is 0 Å². The van der Waals surface area contributed by atoms with Gasteiger partial charge in [-0.05, 0) is 43.1 Å². The topological polar surface area (TPSA) is 61.4 Å². The number of carbonyl (C=O) groups excluding carboxylic acids is 2. The average Bonchev–Trinajstić information content (AvgIpc) is 3.20. The van der Waals surface area contributed by atoms with E-state index < -0.39 is 5.92 Å². The summed E-state index contributed by atoms with van der Waals surface area (Å²) in [6.07, 6.45) is 2.62. The summed E-state index contributed by atoms with van der Waals surface area (Å²) in [5.74, 6) is -0.630. The van der Waals surface area contributed by atoms with Crippen LogP contribution in [0.4, 0.5) is 5.69 Å². The Kier molecular flexibility index (Phi) is 5.21. The zero-order chi connectivity index (χ0) is 18.6. The summed E-state index contributed by atoms with van der Waals surface area (Å²) < 4.78 is 0. The van der Waals surface area contributed by atoms with Crippen LogP contribution < -0.4 is 10.6 Å². The molecule has 1 fully saturated rings. The van der Waals surface area contributed by atoms with E-state index in [1.54, 1.807) is 0 Å². The molecule has 2 N–H and O–H groups in total. The number of nitrogens with one attached hydrogen (secondary N) is 2. The van der Waals surface area contributed by atoms with E-state index in [0.29, 0.717) is 0 Å². The summed E-state index contributed by atoms with van der Waals surface area (Å²) >= 11 is 0. The maximum Gasteiger partial charge on any atom is 0.228 e. The maximum absolute atomic E-state index is 13.2. The van der Waals surface area contributed by atoms with E-state index in [1.165, 1.54) is 12.8 Å². The fourth-order valence-electron chi connectivity index (χ4n) is 4.06. The number of para-hydroxylation sites is 1. The van der Waals surface area contributed by atoms with E-state index in [2.05, 4.69) is 27.7 Å². The van der Waals surface area contributed by atoms with E-state index in [0.717, 1.165) is 36.4 Å². The summed E-state index contributed by atoms with van der Waals surface area (Å²) in [4.78, 5) is 27.6. The standard InChI is InChI=1S/C22H25N3O2/c26-21-14-18(17-10-4-5-11-19(17)23-21)22(27)24-20(15-25-12-6-7-13-25)16-8-2-1-3-9-16/h1-5,8-11,18,20H,6-7,12-15H2,(H,23,26)(H,24,27).